The number of halogens is 1. The van der Waals surface area contributed by atoms with E-state index >= 15 is 0 Å². The monoisotopic (exact) mass is 285 g/mol. The normalized spacial score (nSPS) is 27.6. The Hall–Kier alpha value is -0.220. The summed E-state index contributed by atoms with van der Waals surface area (Å²) >= 11 is 7.67. The summed E-state index contributed by atoms with van der Waals surface area (Å²) in [4.78, 5) is 1.23. The van der Waals surface area contributed by atoms with Crippen LogP contribution in [-0.2, 0) is 0 Å². The Morgan fingerprint density at radius 1 is 1.39 bits per heavy atom. The van der Waals surface area contributed by atoms with Crippen LogP contribution in [0.1, 0.15) is 25.7 Å². The van der Waals surface area contributed by atoms with E-state index in [-0.39, 0.29) is 0 Å². The molecule has 0 saturated heterocycles. The molecule has 1 fully saturated rings. The van der Waals surface area contributed by atoms with Crippen molar-refractivity contribution in [2.75, 3.05) is 12.3 Å². The Kier molecular flexibility index (Phi) is 4.96. The number of aliphatic hydroxyl groups is 1. The van der Waals surface area contributed by atoms with Crippen molar-refractivity contribution in [2.24, 2.45) is 11.7 Å². The lowest BCUT2D eigenvalue weighted by Crippen LogP contribution is -2.41. The fraction of sp³-hybridized carbons (Fsp3) is 0.571. The van der Waals surface area contributed by atoms with Crippen LogP contribution in [0.2, 0.25) is 5.02 Å². The van der Waals surface area contributed by atoms with Gasteiger partial charge >= 0.3 is 0 Å². The number of hydrogen-bond acceptors (Lipinski definition) is 3. The summed E-state index contributed by atoms with van der Waals surface area (Å²) in [5.74, 6) is 1.39. The molecule has 0 aromatic heterocycles. The summed E-state index contributed by atoms with van der Waals surface area (Å²) in [5, 5.41) is 11.1. The molecule has 2 nitrogen and oxygen atoms in total. The van der Waals surface area contributed by atoms with Crippen molar-refractivity contribution in [3.63, 3.8) is 0 Å². The molecular formula is C14H20ClNOS. The van der Waals surface area contributed by atoms with Crippen LogP contribution in [0, 0.1) is 5.92 Å². The molecule has 1 aliphatic rings. The molecule has 2 rings (SSSR count). The average molecular weight is 286 g/mol. The van der Waals surface area contributed by atoms with Crippen LogP contribution in [0.3, 0.4) is 0 Å². The molecule has 0 spiro atoms. The maximum absolute atomic E-state index is 10.3. The molecule has 18 heavy (non-hydrogen) atoms. The molecule has 100 valence electrons. The van der Waals surface area contributed by atoms with Crippen molar-refractivity contribution in [2.45, 2.75) is 36.2 Å². The Balaban J connectivity index is 1.80. The first kappa shape index (κ1) is 14.2. The Morgan fingerprint density at radius 3 is 2.78 bits per heavy atom. The zero-order valence-electron chi connectivity index (χ0n) is 10.4. The topological polar surface area (TPSA) is 46.2 Å². The van der Waals surface area contributed by atoms with Crippen molar-refractivity contribution in [1.29, 1.82) is 0 Å². The summed E-state index contributed by atoms with van der Waals surface area (Å²) in [6.07, 6.45) is 4.10. The highest BCUT2D eigenvalue weighted by molar-refractivity contribution is 7.99. The fourth-order valence-electron chi connectivity index (χ4n) is 2.66. The van der Waals surface area contributed by atoms with Gasteiger partial charge in [-0.15, -0.1) is 11.8 Å². The Morgan fingerprint density at radius 2 is 2.11 bits per heavy atom. The van der Waals surface area contributed by atoms with Crippen molar-refractivity contribution in [1.82, 2.24) is 0 Å². The molecule has 2 atom stereocenters. The van der Waals surface area contributed by atoms with Crippen molar-refractivity contribution < 1.29 is 5.11 Å². The van der Waals surface area contributed by atoms with Crippen LogP contribution >= 0.6 is 23.4 Å². The van der Waals surface area contributed by atoms with Crippen LogP contribution in [0.15, 0.2) is 29.2 Å². The number of rotatable bonds is 5. The maximum Gasteiger partial charge on any atom is 0.0797 e. The van der Waals surface area contributed by atoms with Gasteiger partial charge in [-0.25, -0.2) is 0 Å². The summed E-state index contributed by atoms with van der Waals surface area (Å²) in [6.45, 7) is 0.392. The standard InChI is InChI=1S/C14H20ClNOS/c15-12-3-5-13(6-4-12)18-9-7-11-2-1-8-14(11,17)10-16/h3-6,11,17H,1-2,7-10,16H2. The molecule has 1 aromatic rings. The Labute approximate surface area is 118 Å². The van der Waals surface area contributed by atoms with Crippen LogP contribution in [-0.4, -0.2) is 23.0 Å². The molecule has 0 bridgehead atoms. The smallest absolute Gasteiger partial charge is 0.0797 e. The van der Waals surface area contributed by atoms with Gasteiger partial charge < -0.3 is 10.8 Å². The predicted octanol–water partition coefficient (Wildman–Crippen LogP) is 3.31. The molecule has 3 N–H and O–H groups in total. The molecule has 0 heterocycles. The Bertz CT molecular complexity index is 384. The third kappa shape index (κ3) is 3.41. The van der Waals surface area contributed by atoms with Gasteiger partial charge in [-0.2, -0.15) is 0 Å². The first-order valence-corrected chi connectivity index (χ1v) is 7.81. The van der Waals surface area contributed by atoms with E-state index in [4.69, 9.17) is 17.3 Å². The summed E-state index contributed by atoms with van der Waals surface area (Å²) in [5.41, 5.74) is 5.08. The van der Waals surface area contributed by atoms with E-state index in [0.717, 1.165) is 36.5 Å². The molecule has 4 heteroatoms. The van der Waals surface area contributed by atoms with E-state index in [1.807, 2.05) is 36.0 Å². The lowest BCUT2D eigenvalue weighted by molar-refractivity contribution is 0.0104. The quantitative estimate of drug-likeness (QED) is 0.816. The number of hydrogen-bond donors (Lipinski definition) is 2. The van der Waals surface area contributed by atoms with E-state index in [9.17, 15) is 5.11 Å². The number of thioether (sulfide) groups is 1. The second-order valence-corrected chi connectivity index (χ2v) is 6.59. The highest BCUT2D eigenvalue weighted by Gasteiger charge is 2.39. The number of benzene rings is 1. The lowest BCUT2D eigenvalue weighted by Gasteiger charge is -2.28. The zero-order chi connectivity index (χ0) is 13.0. The molecule has 0 radical (unpaired) electrons. The van der Waals surface area contributed by atoms with Crippen molar-refractivity contribution >= 4 is 23.4 Å². The fourth-order valence-corrected chi connectivity index (χ4v) is 3.75. The number of nitrogens with two attached hydrogens (primary N) is 1. The molecule has 0 amide bonds. The summed E-state index contributed by atoms with van der Waals surface area (Å²) in [7, 11) is 0. The van der Waals surface area contributed by atoms with E-state index in [2.05, 4.69) is 0 Å². The van der Waals surface area contributed by atoms with Gasteiger partial charge in [0.15, 0.2) is 0 Å². The first-order valence-electron chi connectivity index (χ1n) is 6.45. The van der Waals surface area contributed by atoms with Gasteiger partial charge in [0.2, 0.25) is 0 Å². The molecule has 1 aliphatic carbocycles. The van der Waals surface area contributed by atoms with Crippen LogP contribution < -0.4 is 5.73 Å². The van der Waals surface area contributed by atoms with Gasteiger partial charge in [-0.05, 0) is 55.2 Å². The molecule has 0 aliphatic heterocycles. The second-order valence-electron chi connectivity index (χ2n) is 4.99. The van der Waals surface area contributed by atoms with Crippen molar-refractivity contribution in [3.8, 4) is 0 Å². The molecule has 2 unspecified atom stereocenters. The van der Waals surface area contributed by atoms with Crippen LogP contribution in [0.4, 0.5) is 0 Å². The van der Waals surface area contributed by atoms with Gasteiger partial charge in [0.25, 0.3) is 0 Å². The SMILES string of the molecule is NCC1(O)CCCC1CCSc1ccc(Cl)cc1. The van der Waals surface area contributed by atoms with E-state index in [0.29, 0.717) is 12.5 Å². The average Bonchev–Trinajstić information content (AvgIpc) is 2.74. The first-order chi connectivity index (χ1) is 8.64. The van der Waals surface area contributed by atoms with Gasteiger partial charge in [0.05, 0.1) is 5.60 Å². The minimum Gasteiger partial charge on any atom is -0.388 e. The maximum atomic E-state index is 10.3. The largest absolute Gasteiger partial charge is 0.388 e. The molecular weight excluding hydrogens is 266 g/mol. The minimum absolute atomic E-state index is 0.363. The predicted molar refractivity (Wildman–Crippen MR) is 78.1 cm³/mol. The van der Waals surface area contributed by atoms with E-state index in [1.165, 1.54) is 4.90 Å². The summed E-state index contributed by atoms with van der Waals surface area (Å²) in [6, 6.07) is 7.90. The molecule has 1 aromatic carbocycles. The van der Waals surface area contributed by atoms with Crippen molar-refractivity contribution in [3.05, 3.63) is 29.3 Å². The molecule has 1 saturated carbocycles. The third-order valence-electron chi connectivity index (χ3n) is 3.82. The lowest BCUT2D eigenvalue weighted by atomic mass is 9.89. The van der Waals surface area contributed by atoms with Crippen LogP contribution in [0.25, 0.3) is 0 Å². The van der Waals surface area contributed by atoms with E-state index < -0.39 is 5.60 Å². The van der Waals surface area contributed by atoms with Gasteiger partial charge in [0, 0.05) is 16.5 Å². The highest BCUT2D eigenvalue weighted by atomic mass is 35.5. The zero-order valence-corrected chi connectivity index (χ0v) is 12.0. The van der Waals surface area contributed by atoms with Crippen LogP contribution in [0.5, 0.6) is 0 Å². The van der Waals surface area contributed by atoms with Gasteiger partial charge in [-0.1, -0.05) is 18.0 Å². The summed E-state index contributed by atoms with van der Waals surface area (Å²) < 4.78 is 0. The van der Waals surface area contributed by atoms with Gasteiger partial charge in [0.1, 0.15) is 0 Å². The van der Waals surface area contributed by atoms with Gasteiger partial charge in [-0.3, -0.25) is 0 Å². The second kappa shape index (κ2) is 6.29. The highest BCUT2D eigenvalue weighted by Crippen LogP contribution is 2.38. The minimum atomic E-state index is -0.611. The van der Waals surface area contributed by atoms with E-state index in [1.54, 1.807) is 0 Å². The third-order valence-corrected chi connectivity index (χ3v) is 5.12.